The van der Waals surface area contributed by atoms with Crippen molar-refractivity contribution < 1.29 is 49.4 Å². The molecule has 5 N–H and O–H groups in total. The molecule has 0 heterocycles. The van der Waals surface area contributed by atoms with Crippen molar-refractivity contribution in [3.8, 4) is 0 Å². The molecule has 0 bridgehead atoms. The van der Waals surface area contributed by atoms with E-state index in [4.69, 9.17) is 14.6 Å². The lowest BCUT2D eigenvalue weighted by molar-refractivity contribution is -0.161. The molecule has 1 rings (SSSR count). The first kappa shape index (κ1) is 30.7. The number of carbonyl (C=O) groups is 3. The minimum Gasteiger partial charge on any atom is -0.463 e. The van der Waals surface area contributed by atoms with Gasteiger partial charge < -0.3 is 35.0 Å². The van der Waals surface area contributed by atoms with E-state index in [0.29, 0.717) is 12.0 Å². The van der Waals surface area contributed by atoms with Crippen LogP contribution in [0.3, 0.4) is 0 Å². The smallest absolute Gasteiger partial charge is 0.307 e. The second kappa shape index (κ2) is 13.6. The SMILES string of the molecule is CC=C(C)C=CC1=C(C)C(=O)C(OC(=O)CCC(=O)OCC(O)C(O)C(O)C(O)CO)CC1(C)C. The lowest BCUT2D eigenvalue weighted by atomic mass is 9.71. The standard InChI is InChI=1S/C25H38O10/c1-6-14(2)7-8-16-15(3)22(31)19(11-25(16,4)5)35-21(30)10-9-20(29)34-13-18(28)24(33)23(32)17(27)12-26/h6-8,17-19,23-24,26-28,32-33H,9-13H2,1-5H3. The van der Waals surface area contributed by atoms with Crippen LogP contribution in [0.1, 0.15) is 53.9 Å². The van der Waals surface area contributed by atoms with E-state index in [1.54, 1.807) is 6.92 Å². The van der Waals surface area contributed by atoms with Crippen LogP contribution in [0.15, 0.2) is 34.9 Å². The van der Waals surface area contributed by atoms with Gasteiger partial charge in [0.15, 0.2) is 11.9 Å². The van der Waals surface area contributed by atoms with Crippen LogP contribution < -0.4 is 0 Å². The van der Waals surface area contributed by atoms with Crippen LogP contribution in [0.25, 0.3) is 0 Å². The number of allylic oxidation sites excluding steroid dienone is 5. The Morgan fingerprint density at radius 1 is 1.09 bits per heavy atom. The maximum atomic E-state index is 12.8. The average Bonchev–Trinajstić information content (AvgIpc) is 2.82. The molecule has 0 saturated heterocycles. The summed E-state index contributed by atoms with van der Waals surface area (Å²) in [4.78, 5) is 36.9. The number of hydrogen-bond donors (Lipinski definition) is 5. The molecule has 198 valence electrons. The van der Waals surface area contributed by atoms with Gasteiger partial charge in [0.1, 0.15) is 31.0 Å². The molecule has 0 aromatic rings. The van der Waals surface area contributed by atoms with Crippen molar-refractivity contribution in [3.05, 3.63) is 34.9 Å². The number of ether oxygens (including phenoxy) is 2. The van der Waals surface area contributed by atoms with Gasteiger partial charge in [0.05, 0.1) is 19.4 Å². The van der Waals surface area contributed by atoms with E-state index in [9.17, 15) is 34.8 Å². The van der Waals surface area contributed by atoms with E-state index in [2.05, 4.69) is 0 Å². The van der Waals surface area contributed by atoms with E-state index < -0.39 is 61.1 Å². The first-order chi connectivity index (χ1) is 16.2. The second-order valence-corrected chi connectivity index (χ2v) is 9.32. The molecule has 0 aliphatic heterocycles. The van der Waals surface area contributed by atoms with Gasteiger partial charge >= 0.3 is 11.9 Å². The molecule has 0 radical (unpaired) electrons. The fourth-order valence-corrected chi connectivity index (χ4v) is 3.64. The van der Waals surface area contributed by atoms with Gasteiger partial charge in [-0.1, -0.05) is 37.6 Å². The third kappa shape index (κ3) is 8.97. The maximum absolute atomic E-state index is 12.8. The van der Waals surface area contributed by atoms with Crippen LogP contribution in [0.2, 0.25) is 0 Å². The quantitative estimate of drug-likeness (QED) is 0.188. The molecule has 10 nitrogen and oxygen atoms in total. The number of carbonyl (C=O) groups excluding carboxylic acids is 3. The molecule has 0 spiro atoms. The number of ketones is 1. The molecule has 0 fully saturated rings. The van der Waals surface area contributed by atoms with E-state index in [0.717, 1.165) is 11.1 Å². The van der Waals surface area contributed by atoms with E-state index in [1.165, 1.54) is 0 Å². The first-order valence-corrected chi connectivity index (χ1v) is 11.5. The Morgan fingerprint density at radius 2 is 1.66 bits per heavy atom. The summed E-state index contributed by atoms with van der Waals surface area (Å²) in [5.74, 6) is -1.92. The van der Waals surface area contributed by atoms with Crippen LogP contribution >= 0.6 is 0 Å². The van der Waals surface area contributed by atoms with Crippen molar-refractivity contribution in [1.82, 2.24) is 0 Å². The Balaban J connectivity index is 2.62. The number of hydrogen-bond acceptors (Lipinski definition) is 10. The first-order valence-electron chi connectivity index (χ1n) is 11.5. The number of aliphatic hydroxyl groups excluding tert-OH is 5. The summed E-state index contributed by atoms with van der Waals surface area (Å²) in [5.41, 5.74) is 2.02. The molecule has 0 saturated carbocycles. The number of aliphatic hydroxyl groups is 5. The molecule has 0 aromatic heterocycles. The molecule has 0 aromatic carbocycles. The monoisotopic (exact) mass is 498 g/mol. The van der Waals surface area contributed by atoms with Crippen molar-refractivity contribution >= 4 is 17.7 Å². The van der Waals surface area contributed by atoms with Gasteiger partial charge in [-0.2, -0.15) is 0 Å². The molecule has 10 heteroatoms. The normalized spacial score (nSPS) is 22.1. The average molecular weight is 499 g/mol. The number of Topliss-reactive ketones (excluding diaryl/α,β-unsaturated/α-hetero) is 1. The van der Waals surface area contributed by atoms with Crippen LogP contribution in [0, 0.1) is 5.41 Å². The minimum atomic E-state index is -1.87. The highest BCUT2D eigenvalue weighted by Crippen LogP contribution is 2.40. The van der Waals surface area contributed by atoms with Crippen molar-refractivity contribution in [2.45, 2.75) is 84.4 Å². The molecule has 1 aliphatic carbocycles. The van der Waals surface area contributed by atoms with Gasteiger partial charge in [-0.25, -0.2) is 0 Å². The van der Waals surface area contributed by atoms with E-state index >= 15 is 0 Å². The predicted molar refractivity (Wildman–Crippen MR) is 126 cm³/mol. The van der Waals surface area contributed by atoms with Crippen molar-refractivity contribution in [2.75, 3.05) is 13.2 Å². The summed E-state index contributed by atoms with van der Waals surface area (Å²) in [7, 11) is 0. The Bertz CT molecular complexity index is 854. The van der Waals surface area contributed by atoms with Crippen LogP contribution in [0.4, 0.5) is 0 Å². The van der Waals surface area contributed by atoms with Gasteiger partial charge in [-0.3, -0.25) is 14.4 Å². The summed E-state index contributed by atoms with van der Waals surface area (Å²) in [5, 5.41) is 47.1. The molecule has 1 aliphatic rings. The van der Waals surface area contributed by atoms with Crippen LogP contribution in [-0.4, -0.2) is 87.0 Å². The van der Waals surface area contributed by atoms with Crippen molar-refractivity contribution in [3.63, 3.8) is 0 Å². The highest BCUT2D eigenvalue weighted by atomic mass is 16.6. The number of rotatable bonds is 12. The lowest BCUT2D eigenvalue weighted by Gasteiger charge is -2.36. The molecule has 5 unspecified atom stereocenters. The third-order valence-electron chi connectivity index (χ3n) is 6.01. The zero-order valence-electron chi connectivity index (χ0n) is 20.9. The zero-order chi connectivity index (χ0) is 26.9. The van der Waals surface area contributed by atoms with Gasteiger partial charge in [0.25, 0.3) is 0 Å². The fourth-order valence-electron chi connectivity index (χ4n) is 3.64. The summed E-state index contributed by atoms with van der Waals surface area (Å²) in [6, 6.07) is 0. The maximum Gasteiger partial charge on any atom is 0.307 e. The number of esters is 2. The molecular formula is C25H38O10. The van der Waals surface area contributed by atoms with Gasteiger partial charge in [-0.15, -0.1) is 0 Å². The highest BCUT2D eigenvalue weighted by Gasteiger charge is 2.40. The third-order valence-corrected chi connectivity index (χ3v) is 6.01. The van der Waals surface area contributed by atoms with Gasteiger partial charge in [0, 0.05) is 6.42 Å². The van der Waals surface area contributed by atoms with Crippen LogP contribution in [0.5, 0.6) is 0 Å². The minimum absolute atomic E-state index is 0.292. The van der Waals surface area contributed by atoms with Gasteiger partial charge in [-0.05, 0) is 37.3 Å². The summed E-state index contributed by atoms with van der Waals surface area (Å²) in [6.45, 7) is 7.95. The fraction of sp³-hybridized carbons (Fsp3) is 0.640. The van der Waals surface area contributed by atoms with E-state index in [-0.39, 0.29) is 18.6 Å². The largest absolute Gasteiger partial charge is 0.463 e. The molecule has 0 amide bonds. The van der Waals surface area contributed by atoms with Crippen LogP contribution in [-0.2, 0) is 23.9 Å². The Labute approximate surface area is 205 Å². The molecular weight excluding hydrogens is 460 g/mol. The highest BCUT2D eigenvalue weighted by molar-refractivity contribution is 6.01. The lowest BCUT2D eigenvalue weighted by Crippen LogP contribution is -2.47. The second-order valence-electron chi connectivity index (χ2n) is 9.32. The predicted octanol–water partition coefficient (Wildman–Crippen LogP) is 0.495. The Kier molecular flexibility index (Phi) is 12.0. The topological polar surface area (TPSA) is 171 Å². The Hall–Kier alpha value is -2.37. The molecule has 35 heavy (non-hydrogen) atoms. The molecule has 5 atom stereocenters. The summed E-state index contributed by atoms with van der Waals surface area (Å²) >= 11 is 0. The van der Waals surface area contributed by atoms with Crippen molar-refractivity contribution in [1.29, 1.82) is 0 Å². The Morgan fingerprint density at radius 3 is 2.23 bits per heavy atom. The summed E-state index contributed by atoms with van der Waals surface area (Å²) < 4.78 is 10.1. The van der Waals surface area contributed by atoms with Crippen molar-refractivity contribution in [2.24, 2.45) is 5.41 Å². The van der Waals surface area contributed by atoms with Gasteiger partial charge in [0.2, 0.25) is 0 Å². The van der Waals surface area contributed by atoms with E-state index in [1.807, 2.05) is 45.9 Å². The zero-order valence-corrected chi connectivity index (χ0v) is 20.9. The summed E-state index contributed by atoms with van der Waals surface area (Å²) in [6.07, 6.45) is -2.75.